The molecule has 1 unspecified atom stereocenters. The van der Waals surface area contributed by atoms with E-state index in [1.807, 2.05) is 6.08 Å². The van der Waals surface area contributed by atoms with Crippen molar-refractivity contribution in [3.8, 4) is 0 Å². The van der Waals surface area contributed by atoms with Crippen LogP contribution in [0.15, 0.2) is 11.6 Å². The molecule has 2 saturated carbocycles. The lowest BCUT2D eigenvalue weighted by Gasteiger charge is -2.36. The highest BCUT2D eigenvalue weighted by atomic mass is 16.1. The lowest BCUT2D eigenvalue weighted by atomic mass is 9.67. The number of hydrogen-bond acceptors (Lipinski definition) is 1. The molecule has 0 aromatic carbocycles. The van der Waals surface area contributed by atoms with E-state index in [0.717, 1.165) is 18.8 Å². The van der Waals surface area contributed by atoms with E-state index in [-0.39, 0.29) is 5.41 Å². The summed E-state index contributed by atoms with van der Waals surface area (Å²) in [7, 11) is 0. The van der Waals surface area contributed by atoms with Crippen molar-refractivity contribution in [3.05, 3.63) is 11.6 Å². The first-order chi connectivity index (χ1) is 6.57. The van der Waals surface area contributed by atoms with E-state index in [1.165, 1.54) is 24.8 Å². The summed E-state index contributed by atoms with van der Waals surface area (Å²) in [5.74, 6) is 1.22. The van der Waals surface area contributed by atoms with Gasteiger partial charge in [-0.1, -0.05) is 19.4 Å². The molecular formula is C13H18O. The highest BCUT2D eigenvalue weighted by molar-refractivity contribution is 5.97. The standard InChI is InChI=1S/C13H18O/c1-9-3-4-10-7-11(14)12(2)5-6-13(9,10)8-12/h7,9H,3-6,8H2,1-2H3/t9?,12-,13+/m0/s1. The molecule has 2 bridgehead atoms. The first-order valence-corrected chi connectivity index (χ1v) is 5.82. The Morgan fingerprint density at radius 3 is 3.00 bits per heavy atom. The molecule has 3 atom stereocenters. The maximum Gasteiger partial charge on any atom is 0.161 e. The molecule has 76 valence electrons. The predicted molar refractivity (Wildman–Crippen MR) is 55.9 cm³/mol. The lowest BCUT2D eigenvalue weighted by Crippen LogP contribution is -2.33. The third kappa shape index (κ3) is 0.796. The summed E-state index contributed by atoms with van der Waals surface area (Å²) in [4.78, 5) is 11.9. The lowest BCUT2D eigenvalue weighted by molar-refractivity contribution is -0.123. The number of allylic oxidation sites excluding steroid dienone is 2. The maximum absolute atomic E-state index is 11.9. The van der Waals surface area contributed by atoms with E-state index in [2.05, 4.69) is 13.8 Å². The Morgan fingerprint density at radius 2 is 2.21 bits per heavy atom. The second-order valence-electron chi connectivity index (χ2n) is 5.87. The molecule has 0 amide bonds. The quantitative estimate of drug-likeness (QED) is 0.573. The van der Waals surface area contributed by atoms with Gasteiger partial charge in [-0.3, -0.25) is 4.79 Å². The minimum absolute atomic E-state index is 0.00208. The van der Waals surface area contributed by atoms with Gasteiger partial charge in [0.2, 0.25) is 0 Å². The van der Waals surface area contributed by atoms with E-state index in [1.54, 1.807) is 0 Å². The van der Waals surface area contributed by atoms with Crippen LogP contribution in [-0.4, -0.2) is 5.78 Å². The summed E-state index contributed by atoms with van der Waals surface area (Å²) in [5.41, 5.74) is 1.94. The molecule has 3 aliphatic carbocycles. The van der Waals surface area contributed by atoms with Gasteiger partial charge in [0.25, 0.3) is 0 Å². The van der Waals surface area contributed by atoms with Crippen molar-refractivity contribution in [1.82, 2.24) is 0 Å². The van der Waals surface area contributed by atoms with Gasteiger partial charge in [-0.2, -0.15) is 0 Å². The summed E-state index contributed by atoms with van der Waals surface area (Å²) in [6, 6.07) is 0. The number of rotatable bonds is 0. The molecule has 0 radical (unpaired) electrons. The highest BCUT2D eigenvalue weighted by Crippen LogP contribution is 2.65. The van der Waals surface area contributed by atoms with Crippen LogP contribution >= 0.6 is 0 Å². The predicted octanol–water partition coefficient (Wildman–Crippen LogP) is 3.10. The summed E-state index contributed by atoms with van der Waals surface area (Å²) in [6.45, 7) is 4.55. The minimum atomic E-state index is 0.00208. The van der Waals surface area contributed by atoms with Crippen LogP contribution in [-0.2, 0) is 4.79 Å². The minimum Gasteiger partial charge on any atom is -0.294 e. The van der Waals surface area contributed by atoms with Gasteiger partial charge >= 0.3 is 0 Å². The zero-order valence-electron chi connectivity index (χ0n) is 9.10. The molecule has 1 spiro atoms. The third-order valence-corrected chi connectivity index (χ3v) is 5.16. The number of ketones is 1. The van der Waals surface area contributed by atoms with Crippen LogP contribution < -0.4 is 0 Å². The zero-order chi connectivity index (χ0) is 9.97. The second kappa shape index (κ2) is 2.32. The molecule has 0 aromatic rings. The van der Waals surface area contributed by atoms with Crippen LogP contribution in [0.5, 0.6) is 0 Å². The van der Waals surface area contributed by atoms with Gasteiger partial charge in [0.1, 0.15) is 0 Å². The third-order valence-electron chi connectivity index (χ3n) is 5.16. The normalized spacial score (nSPS) is 50.6. The van der Waals surface area contributed by atoms with Gasteiger partial charge in [-0.15, -0.1) is 0 Å². The van der Waals surface area contributed by atoms with E-state index >= 15 is 0 Å². The van der Waals surface area contributed by atoms with Gasteiger partial charge in [0.05, 0.1) is 0 Å². The Kier molecular flexibility index (Phi) is 1.44. The molecule has 1 heteroatoms. The highest BCUT2D eigenvalue weighted by Gasteiger charge is 2.57. The average molecular weight is 190 g/mol. The topological polar surface area (TPSA) is 17.1 Å². The molecule has 0 heterocycles. The van der Waals surface area contributed by atoms with Gasteiger partial charge in [-0.05, 0) is 49.5 Å². The summed E-state index contributed by atoms with van der Waals surface area (Å²) < 4.78 is 0. The fourth-order valence-corrected chi connectivity index (χ4v) is 4.04. The molecule has 14 heavy (non-hydrogen) atoms. The van der Waals surface area contributed by atoms with Gasteiger partial charge in [0.15, 0.2) is 5.78 Å². The van der Waals surface area contributed by atoms with Crippen LogP contribution in [0.1, 0.15) is 46.0 Å². The van der Waals surface area contributed by atoms with Crippen molar-refractivity contribution >= 4 is 5.78 Å². The Labute approximate surface area is 85.6 Å². The van der Waals surface area contributed by atoms with E-state index < -0.39 is 0 Å². The SMILES string of the molecule is CC1CCC2=CC(=O)[C@@]3(C)CC[C@]21C3. The molecule has 3 rings (SSSR count). The molecule has 0 N–H and O–H groups in total. The molecule has 1 nitrogen and oxygen atoms in total. The van der Waals surface area contributed by atoms with Crippen LogP contribution in [0.2, 0.25) is 0 Å². The zero-order valence-corrected chi connectivity index (χ0v) is 9.10. The summed E-state index contributed by atoms with van der Waals surface area (Å²) >= 11 is 0. The monoisotopic (exact) mass is 190 g/mol. The van der Waals surface area contributed by atoms with Crippen LogP contribution in [0.25, 0.3) is 0 Å². The van der Waals surface area contributed by atoms with Gasteiger partial charge in [0, 0.05) is 5.41 Å². The van der Waals surface area contributed by atoms with Crippen LogP contribution in [0.4, 0.5) is 0 Å². The molecule has 3 aliphatic rings. The summed E-state index contributed by atoms with van der Waals surface area (Å²) in [5, 5.41) is 0. The van der Waals surface area contributed by atoms with E-state index in [9.17, 15) is 4.79 Å². The summed E-state index contributed by atoms with van der Waals surface area (Å²) in [6.07, 6.45) is 8.02. The van der Waals surface area contributed by atoms with Crippen molar-refractivity contribution in [1.29, 1.82) is 0 Å². The van der Waals surface area contributed by atoms with Crippen molar-refractivity contribution < 1.29 is 4.79 Å². The Hall–Kier alpha value is -0.590. The van der Waals surface area contributed by atoms with Crippen LogP contribution in [0.3, 0.4) is 0 Å². The largest absolute Gasteiger partial charge is 0.294 e. The number of carbonyl (C=O) groups is 1. The average Bonchev–Trinajstić information content (AvgIpc) is 2.61. The van der Waals surface area contributed by atoms with Gasteiger partial charge < -0.3 is 0 Å². The molecule has 2 fully saturated rings. The first-order valence-electron chi connectivity index (χ1n) is 5.82. The number of hydrogen-bond donors (Lipinski definition) is 0. The van der Waals surface area contributed by atoms with Gasteiger partial charge in [-0.25, -0.2) is 0 Å². The fourth-order valence-electron chi connectivity index (χ4n) is 4.04. The number of carbonyl (C=O) groups excluding carboxylic acids is 1. The van der Waals surface area contributed by atoms with Crippen molar-refractivity contribution in [2.24, 2.45) is 16.7 Å². The van der Waals surface area contributed by atoms with Crippen molar-refractivity contribution in [3.63, 3.8) is 0 Å². The van der Waals surface area contributed by atoms with Crippen LogP contribution in [0, 0.1) is 16.7 Å². The first kappa shape index (κ1) is 8.70. The molecule has 0 saturated heterocycles. The Balaban J connectivity index is 2.15. The molecular weight excluding hydrogens is 172 g/mol. The van der Waals surface area contributed by atoms with Crippen molar-refractivity contribution in [2.45, 2.75) is 46.0 Å². The number of fused-ring (bicyclic) bond motifs is 1. The smallest absolute Gasteiger partial charge is 0.161 e. The van der Waals surface area contributed by atoms with E-state index in [4.69, 9.17) is 0 Å². The fraction of sp³-hybridized carbons (Fsp3) is 0.769. The van der Waals surface area contributed by atoms with E-state index in [0.29, 0.717) is 11.2 Å². The Morgan fingerprint density at radius 1 is 1.43 bits per heavy atom. The van der Waals surface area contributed by atoms with Crippen molar-refractivity contribution in [2.75, 3.05) is 0 Å². The molecule has 0 aromatic heterocycles. The Bertz CT molecular complexity index is 341. The second-order valence-corrected chi connectivity index (χ2v) is 5.87. The molecule has 0 aliphatic heterocycles. The maximum atomic E-state index is 11.9.